The highest BCUT2D eigenvalue weighted by molar-refractivity contribution is 7.90. The summed E-state index contributed by atoms with van der Waals surface area (Å²) in [6, 6.07) is 19.5. The topological polar surface area (TPSA) is 52.0 Å². The van der Waals surface area contributed by atoms with Crippen LogP contribution in [0.15, 0.2) is 83.8 Å². The van der Waals surface area contributed by atoms with Crippen molar-refractivity contribution in [1.29, 1.82) is 0 Å². The molecule has 4 rings (SSSR count). The molecule has 0 atom stereocenters. The van der Waals surface area contributed by atoms with Crippen molar-refractivity contribution in [2.75, 3.05) is 6.26 Å². The van der Waals surface area contributed by atoms with Gasteiger partial charge in [0.15, 0.2) is 9.84 Å². The van der Waals surface area contributed by atoms with Crippen LogP contribution in [0.2, 0.25) is 0 Å². The van der Waals surface area contributed by atoms with Crippen molar-refractivity contribution < 1.29 is 30.4 Å². The summed E-state index contributed by atoms with van der Waals surface area (Å²) in [6.45, 7) is 1.43. The first-order chi connectivity index (χ1) is 16.8. The van der Waals surface area contributed by atoms with E-state index in [2.05, 4.69) is 5.10 Å². The van der Waals surface area contributed by atoms with Crippen molar-refractivity contribution in [3.8, 4) is 22.4 Å². The first kappa shape index (κ1) is 25.6. The molecule has 0 fully saturated rings. The normalized spacial score (nSPS) is 12.6. The van der Waals surface area contributed by atoms with E-state index >= 15 is 8.78 Å². The molecule has 1 heterocycles. The van der Waals surface area contributed by atoms with Crippen molar-refractivity contribution in [3.05, 3.63) is 95.7 Å². The van der Waals surface area contributed by atoms with Crippen LogP contribution >= 0.6 is 0 Å². The second-order valence-electron chi connectivity index (χ2n) is 8.45. The zero-order valence-corrected chi connectivity index (χ0v) is 20.0. The van der Waals surface area contributed by atoms with Gasteiger partial charge in [-0.25, -0.2) is 8.42 Å². The van der Waals surface area contributed by atoms with Gasteiger partial charge in [0.1, 0.15) is 11.4 Å². The molecule has 36 heavy (non-hydrogen) atoms. The van der Waals surface area contributed by atoms with Crippen molar-refractivity contribution in [2.24, 2.45) is 0 Å². The fourth-order valence-electron chi connectivity index (χ4n) is 3.84. The molecule has 0 aliphatic heterocycles. The number of nitrogens with zero attached hydrogens (tertiary/aromatic N) is 2. The molecule has 0 radical (unpaired) electrons. The van der Waals surface area contributed by atoms with Gasteiger partial charge in [-0.1, -0.05) is 72.3 Å². The van der Waals surface area contributed by atoms with E-state index < -0.39 is 27.6 Å². The zero-order valence-electron chi connectivity index (χ0n) is 19.2. The Kier molecular flexibility index (Phi) is 6.51. The van der Waals surface area contributed by atoms with Gasteiger partial charge < -0.3 is 0 Å². The molecule has 0 N–H and O–H groups in total. The Morgan fingerprint density at radius 1 is 0.806 bits per heavy atom. The second kappa shape index (κ2) is 9.16. The van der Waals surface area contributed by atoms with Gasteiger partial charge in [-0.2, -0.15) is 27.1 Å². The van der Waals surface area contributed by atoms with Gasteiger partial charge in [0.25, 0.3) is 0 Å². The van der Waals surface area contributed by atoms with E-state index in [0.29, 0.717) is 10.2 Å². The standard InChI is InChI=1S/C26H21F5N2O2S/c1-17-8-10-19(11-9-17)22-23(20-12-14-21(15-13-20)36(2,34)35)32-33(16-18-6-4-3-5-7-18)24(22)25(27,28)26(29,30)31/h3-15H,16H2,1-2H3. The molecule has 0 unspecified atom stereocenters. The molecule has 0 aliphatic carbocycles. The maximum atomic E-state index is 15.1. The van der Waals surface area contributed by atoms with Gasteiger partial charge in [-0.05, 0) is 30.2 Å². The zero-order chi connectivity index (χ0) is 26.3. The molecule has 188 valence electrons. The predicted octanol–water partition coefficient (Wildman–Crippen LogP) is 6.63. The van der Waals surface area contributed by atoms with E-state index in [1.54, 1.807) is 49.4 Å². The third-order valence-electron chi connectivity index (χ3n) is 5.68. The van der Waals surface area contributed by atoms with Gasteiger partial charge in [0.2, 0.25) is 0 Å². The summed E-state index contributed by atoms with van der Waals surface area (Å²) in [6.07, 6.45) is -4.87. The molecule has 0 saturated heterocycles. The molecule has 0 aliphatic rings. The highest BCUT2D eigenvalue weighted by atomic mass is 32.2. The number of hydrogen-bond acceptors (Lipinski definition) is 3. The lowest BCUT2D eigenvalue weighted by atomic mass is 9.95. The van der Waals surface area contributed by atoms with Crippen molar-refractivity contribution >= 4 is 9.84 Å². The number of hydrogen-bond donors (Lipinski definition) is 0. The lowest BCUT2D eigenvalue weighted by Gasteiger charge is -2.22. The first-order valence-corrected chi connectivity index (χ1v) is 12.7. The van der Waals surface area contributed by atoms with Crippen LogP contribution in [0.3, 0.4) is 0 Å². The molecule has 4 nitrogen and oxygen atoms in total. The Hall–Kier alpha value is -3.53. The summed E-state index contributed by atoms with van der Waals surface area (Å²) in [5.41, 5.74) is -0.184. The first-order valence-electron chi connectivity index (χ1n) is 10.8. The van der Waals surface area contributed by atoms with Gasteiger partial charge in [-0.3, -0.25) is 4.68 Å². The maximum Gasteiger partial charge on any atom is 0.459 e. The molecule has 10 heteroatoms. The van der Waals surface area contributed by atoms with Crippen LogP contribution in [0.4, 0.5) is 22.0 Å². The molecule has 0 amide bonds. The van der Waals surface area contributed by atoms with E-state index in [0.717, 1.165) is 11.8 Å². The molecular weight excluding hydrogens is 499 g/mol. The number of alkyl halides is 5. The van der Waals surface area contributed by atoms with E-state index in [1.165, 1.54) is 36.4 Å². The summed E-state index contributed by atoms with van der Waals surface area (Å²) < 4.78 is 95.9. The van der Waals surface area contributed by atoms with Crippen molar-refractivity contribution in [2.45, 2.75) is 30.5 Å². The number of aromatic nitrogens is 2. The van der Waals surface area contributed by atoms with Crippen LogP contribution in [0.1, 0.15) is 16.8 Å². The number of rotatable bonds is 6. The van der Waals surface area contributed by atoms with Crippen LogP contribution in [0, 0.1) is 6.92 Å². The number of sulfone groups is 1. The predicted molar refractivity (Wildman–Crippen MR) is 126 cm³/mol. The minimum atomic E-state index is -5.88. The Bertz CT molecular complexity index is 1480. The Morgan fingerprint density at radius 3 is 1.89 bits per heavy atom. The van der Waals surface area contributed by atoms with Crippen LogP contribution in [-0.4, -0.2) is 30.6 Å². The van der Waals surface area contributed by atoms with Crippen LogP contribution in [0.25, 0.3) is 22.4 Å². The van der Waals surface area contributed by atoms with Crippen molar-refractivity contribution in [1.82, 2.24) is 9.78 Å². The number of halogens is 5. The Balaban J connectivity index is 2.04. The molecule has 1 aromatic heterocycles. The summed E-state index contributed by atoms with van der Waals surface area (Å²) in [5.74, 6) is -5.22. The molecule has 3 aromatic carbocycles. The molecule has 0 spiro atoms. The average molecular weight is 521 g/mol. The van der Waals surface area contributed by atoms with E-state index in [4.69, 9.17) is 0 Å². The van der Waals surface area contributed by atoms with Gasteiger partial charge in [-0.15, -0.1) is 0 Å². The third kappa shape index (κ3) is 4.90. The SMILES string of the molecule is Cc1ccc(-c2c(-c3ccc(S(C)(=O)=O)cc3)nn(Cc3ccccc3)c2C(F)(F)C(F)(F)F)cc1. The van der Waals surface area contributed by atoms with Gasteiger partial charge in [0, 0.05) is 17.4 Å². The maximum absolute atomic E-state index is 15.1. The second-order valence-corrected chi connectivity index (χ2v) is 10.5. The monoisotopic (exact) mass is 520 g/mol. The van der Waals surface area contributed by atoms with Crippen LogP contribution in [-0.2, 0) is 22.3 Å². The fraction of sp³-hybridized carbons (Fsp3) is 0.192. The minimum Gasteiger partial charge on any atom is -0.257 e. The van der Waals surface area contributed by atoms with E-state index in [9.17, 15) is 21.6 Å². The molecule has 0 saturated carbocycles. The average Bonchev–Trinajstić information content (AvgIpc) is 3.18. The quantitative estimate of drug-likeness (QED) is 0.268. The highest BCUT2D eigenvalue weighted by Gasteiger charge is 2.62. The summed E-state index contributed by atoms with van der Waals surface area (Å²) in [5, 5.41) is 4.23. The lowest BCUT2D eigenvalue weighted by Crippen LogP contribution is -2.36. The summed E-state index contributed by atoms with van der Waals surface area (Å²) in [4.78, 5) is -0.0206. The smallest absolute Gasteiger partial charge is 0.257 e. The minimum absolute atomic E-state index is 0.0206. The lowest BCUT2D eigenvalue weighted by molar-refractivity contribution is -0.291. The van der Waals surface area contributed by atoms with Crippen LogP contribution < -0.4 is 0 Å². The largest absolute Gasteiger partial charge is 0.459 e. The van der Waals surface area contributed by atoms with Crippen molar-refractivity contribution in [3.63, 3.8) is 0 Å². The van der Waals surface area contributed by atoms with E-state index in [1.807, 2.05) is 0 Å². The van der Waals surface area contributed by atoms with Crippen LogP contribution in [0.5, 0.6) is 0 Å². The molecular formula is C26H21F5N2O2S. The van der Waals surface area contributed by atoms with Gasteiger partial charge in [0.05, 0.1) is 11.4 Å². The molecule has 4 aromatic rings. The van der Waals surface area contributed by atoms with Gasteiger partial charge >= 0.3 is 12.1 Å². The fourth-order valence-corrected chi connectivity index (χ4v) is 4.47. The Labute approximate surface area is 204 Å². The summed E-state index contributed by atoms with van der Waals surface area (Å²) >= 11 is 0. The number of aryl methyl sites for hydroxylation is 1. The summed E-state index contributed by atoms with van der Waals surface area (Å²) in [7, 11) is -3.55. The third-order valence-corrected chi connectivity index (χ3v) is 6.81. The Morgan fingerprint density at radius 2 is 1.36 bits per heavy atom. The number of benzene rings is 3. The van der Waals surface area contributed by atoms with E-state index in [-0.39, 0.29) is 33.8 Å². The highest BCUT2D eigenvalue weighted by Crippen LogP contribution is 2.49. The molecule has 0 bridgehead atoms.